The summed E-state index contributed by atoms with van der Waals surface area (Å²) in [7, 11) is 1.32. The van der Waals surface area contributed by atoms with Gasteiger partial charge in [0, 0.05) is 12.1 Å². The summed E-state index contributed by atoms with van der Waals surface area (Å²) in [5.74, 6) is -0.485. The number of methoxy groups -OCH3 is 1. The zero-order valence-corrected chi connectivity index (χ0v) is 9.80. The van der Waals surface area contributed by atoms with E-state index in [1.807, 2.05) is 0 Å². The van der Waals surface area contributed by atoms with Gasteiger partial charge in [-0.15, -0.1) is 0 Å². The molecular weight excluding hydrogens is 224 g/mol. The predicted molar refractivity (Wildman–Crippen MR) is 57.3 cm³/mol. The SMILES string of the molecule is COC(=O)C1CCCN1C(=O)c1oncc1C. The van der Waals surface area contributed by atoms with E-state index in [1.54, 1.807) is 6.92 Å². The summed E-state index contributed by atoms with van der Waals surface area (Å²) < 4.78 is 9.59. The van der Waals surface area contributed by atoms with Gasteiger partial charge in [0.05, 0.1) is 13.3 Å². The van der Waals surface area contributed by atoms with Gasteiger partial charge in [0.25, 0.3) is 5.91 Å². The number of hydrogen-bond acceptors (Lipinski definition) is 5. The lowest BCUT2D eigenvalue weighted by molar-refractivity contribution is -0.145. The first-order valence-corrected chi connectivity index (χ1v) is 5.45. The van der Waals surface area contributed by atoms with Crippen LogP contribution in [0, 0.1) is 6.92 Å². The van der Waals surface area contributed by atoms with Crippen molar-refractivity contribution in [3.05, 3.63) is 17.5 Å². The lowest BCUT2D eigenvalue weighted by Crippen LogP contribution is -2.41. The van der Waals surface area contributed by atoms with Gasteiger partial charge in [-0.3, -0.25) is 4.79 Å². The third kappa shape index (κ3) is 2.02. The van der Waals surface area contributed by atoms with Gasteiger partial charge in [0.15, 0.2) is 0 Å². The smallest absolute Gasteiger partial charge is 0.328 e. The van der Waals surface area contributed by atoms with Crippen LogP contribution in [0.2, 0.25) is 0 Å². The molecule has 6 nitrogen and oxygen atoms in total. The number of carbonyl (C=O) groups excluding carboxylic acids is 2. The molecule has 1 amide bonds. The Balaban J connectivity index is 2.19. The van der Waals surface area contributed by atoms with Crippen LogP contribution in [0.25, 0.3) is 0 Å². The van der Waals surface area contributed by atoms with Gasteiger partial charge >= 0.3 is 5.97 Å². The quantitative estimate of drug-likeness (QED) is 0.711. The molecule has 1 fully saturated rings. The van der Waals surface area contributed by atoms with Crippen molar-refractivity contribution in [1.29, 1.82) is 0 Å². The van der Waals surface area contributed by atoms with Crippen LogP contribution in [-0.4, -0.2) is 41.6 Å². The summed E-state index contributed by atoms with van der Waals surface area (Å²) in [6.07, 6.45) is 2.90. The number of aromatic nitrogens is 1. The molecule has 0 aromatic carbocycles. The maximum Gasteiger partial charge on any atom is 0.328 e. The molecule has 1 unspecified atom stereocenters. The number of ether oxygens (including phenoxy) is 1. The van der Waals surface area contributed by atoms with Gasteiger partial charge in [0.1, 0.15) is 6.04 Å². The molecule has 6 heteroatoms. The van der Waals surface area contributed by atoms with Gasteiger partial charge in [-0.2, -0.15) is 0 Å². The fraction of sp³-hybridized carbons (Fsp3) is 0.545. The summed E-state index contributed by atoms with van der Waals surface area (Å²) in [6, 6.07) is -0.503. The Morgan fingerprint density at radius 2 is 2.35 bits per heavy atom. The normalized spacial score (nSPS) is 19.4. The van der Waals surface area contributed by atoms with E-state index in [0.717, 1.165) is 6.42 Å². The Kier molecular flexibility index (Phi) is 3.12. The van der Waals surface area contributed by atoms with Crippen molar-refractivity contribution in [2.24, 2.45) is 0 Å². The minimum atomic E-state index is -0.503. The van der Waals surface area contributed by atoms with E-state index >= 15 is 0 Å². The largest absolute Gasteiger partial charge is 0.467 e. The van der Waals surface area contributed by atoms with Crippen molar-refractivity contribution in [3.8, 4) is 0 Å². The molecule has 2 rings (SSSR count). The fourth-order valence-corrected chi connectivity index (χ4v) is 2.02. The molecule has 0 bridgehead atoms. The maximum absolute atomic E-state index is 12.1. The van der Waals surface area contributed by atoms with Gasteiger partial charge in [0.2, 0.25) is 5.76 Å². The molecular formula is C11H14N2O4. The van der Waals surface area contributed by atoms with E-state index in [9.17, 15) is 9.59 Å². The molecule has 1 aliphatic heterocycles. The van der Waals surface area contributed by atoms with Crippen LogP contribution in [-0.2, 0) is 9.53 Å². The lowest BCUT2D eigenvalue weighted by atomic mass is 10.2. The number of rotatable bonds is 2. The van der Waals surface area contributed by atoms with E-state index in [-0.39, 0.29) is 17.6 Å². The molecule has 0 radical (unpaired) electrons. The minimum Gasteiger partial charge on any atom is -0.467 e. The Hall–Kier alpha value is -1.85. The molecule has 0 N–H and O–H groups in total. The number of likely N-dealkylation sites (tertiary alicyclic amines) is 1. The van der Waals surface area contributed by atoms with Crippen LogP contribution in [0.4, 0.5) is 0 Å². The minimum absolute atomic E-state index is 0.195. The molecule has 1 aromatic heterocycles. The number of aryl methyl sites for hydroxylation is 1. The third-order valence-corrected chi connectivity index (χ3v) is 2.93. The Labute approximate surface area is 98.5 Å². The van der Waals surface area contributed by atoms with Crippen molar-refractivity contribution in [2.45, 2.75) is 25.8 Å². The first-order valence-electron chi connectivity index (χ1n) is 5.45. The second-order valence-electron chi connectivity index (χ2n) is 4.02. The first-order chi connectivity index (χ1) is 8.15. The van der Waals surface area contributed by atoms with Crippen LogP contribution >= 0.6 is 0 Å². The maximum atomic E-state index is 12.1. The summed E-state index contributed by atoms with van der Waals surface area (Å²) in [5, 5.41) is 3.57. The van der Waals surface area contributed by atoms with E-state index in [4.69, 9.17) is 4.52 Å². The molecule has 1 aromatic rings. The van der Waals surface area contributed by atoms with Crippen LogP contribution in [0.15, 0.2) is 10.7 Å². The second-order valence-corrected chi connectivity index (χ2v) is 4.02. The van der Waals surface area contributed by atoms with Crippen LogP contribution in [0.1, 0.15) is 29.0 Å². The Bertz CT molecular complexity index is 440. The molecule has 1 aliphatic rings. The predicted octanol–water partition coefficient (Wildman–Crippen LogP) is 0.761. The fourth-order valence-electron chi connectivity index (χ4n) is 2.02. The third-order valence-electron chi connectivity index (χ3n) is 2.93. The molecule has 92 valence electrons. The average molecular weight is 238 g/mol. The van der Waals surface area contributed by atoms with Crippen molar-refractivity contribution in [1.82, 2.24) is 10.1 Å². The van der Waals surface area contributed by atoms with E-state index in [1.165, 1.54) is 18.2 Å². The molecule has 0 aliphatic carbocycles. The summed E-state index contributed by atoms with van der Waals surface area (Å²) >= 11 is 0. The number of amides is 1. The molecule has 0 spiro atoms. The van der Waals surface area contributed by atoms with Crippen molar-refractivity contribution < 1.29 is 18.8 Å². The first kappa shape index (κ1) is 11.6. The molecule has 1 atom stereocenters. The number of nitrogens with zero attached hydrogens (tertiary/aromatic N) is 2. The van der Waals surface area contributed by atoms with Crippen LogP contribution < -0.4 is 0 Å². The highest BCUT2D eigenvalue weighted by Gasteiger charge is 2.37. The number of carbonyl (C=O) groups is 2. The molecule has 17 heavy (non-hydrogen) atoms. The Morgan fingerprint density at radius 1 is 1.59 bits per heavy atom. The van der Waals surface area contributed by atoms with Gasteiger partial charge < -0.3 is 14.2 Å². The van der Waals surface area contributed by atoms with E-state index < -0.39 is 6.04 Å². The highest BCUT2D eigenvalue weighted by Crippen LogP contribution is 2.22. The Morgan fingerprint density at radius 3 is 2.94 bits per heavy atom. The van der Waals surface area contributed by atoms with Crippen LogP contribution in [0.3, 0.4) is 0 Å². The van der Waals surface area contributed by atoms with E-state index in [2.05, 4.69) is 9.89 Å². The number of esters is 1. The monoisotopic (exact) mass is 238 g/mol. The van der Waals surface area contributed by atoms with Gasteiger partial charge in [-0.1, -0.05) is 5.16 Å². The van der Waals surface area contributed by atoms with Gasteiger partial charge in [-0.05, 0) is 19.8 Å². The highest BCUT2D eigenvalue weighted by molar-refractivity contribution is 5.95. The molecule has 1 saturated heterocycles. The molecule has 2 heterocycles. The summed E-state index contributed by atoms with van der Waals surface area (Å²) in [4.78, 5) is 25.2. The van der Waals surface area contributed by atoms with Crippen LogP contribution in [0.5, 0.6) is 0 Å². The average Bonchev–Trinajstić information content (AvgIpc) is 2.95. The topological polar surface area (TPSA) is 72.6 Å². The van der Waals surface area contributed by atoms with E-state index in [0.29, 0.717) is 18.5 Å². The zero-order valence-electron chi connectivity index (χ0n) is 9.80. The zero-order chi connectivity index (χ0) is 12.4. The highest BCUT2D eigenvalue weighted by atomic mass is 16.5. The van der Waals surface area contributed by atoms with Crippen molar-refractivity contribution >= 4 is 11.9 Å². The van der Waals surface area contributed by atoms with Crippen molar-refractivity contribution in [2.75, 3.05) is 13.7 Å². The van der Waals surface area contributed by atoms with Crippen molar-refractivity contribution in [3.63, 3.8) is 0 Å². The standard InChI is InChI=1S/C11H14N2O4/c1-7-6-12-17-9(7)10(14)13-5-3-4-8(13)11(15)16-2/h6,8H,3-5H2,1-2H3. The second kappa shape index (κ2) is 4.57. The van der Waals surface area contributed by atoms with Gasteiger partial charge in [-0.25, -0.2) is 4.79 Å². The summed E-state index contributed by atoms with van der Waals surface area (Å²) in [5.41, 5.74) is 0.672. The summed E-state index contributed by atoms with van der Waals surface area (Å²) in [6.45, 7) is 2.28. The lowest BCUT2D eigenvalue weighted by Gasteiger charge is -2.21. The molecule has 0 saturated carbocycles. The number of hydrogen-bond donors (Lipinski definition) is 0.